The fourth-order valence-electron chi connectivity index (χ4n) is 3.61. The molecule has 1 atom stereocenters. The maximum atomic E-state index is 4.50. The first-order chi connectivity index (χ1) is 12.2. The molecule has 148 valence electrons. The number of hydrogen-bond acceptors (Lipinski definition) is 2. The topological polar surface area (TPSA) is 30.9 Å². The van der Waals surface area contributed by atoms with Gasteiger partial charge >= 0.3 is 0 Å². The molecule has 26 heavy (non-hydrogen) atoms. The molecule has 4 nitrogen and oxygen atoms in total. The molecule has 0 spiro atoms. The van der Waals surface area contributed by atoms with Gasteiger partial charge in [0.25, 0.3) is 0 Å². The smallest absolute Gasteiger partial charge is 0.193 e. The van der Waals surface area contributed by atoms with E-state index in [1.807, 2.05) is 7.05 Å². The van der Waals surface area contributed by atoms with E-state index >= 15 is 0 Å². The largest absolute Gasteiger partial charge is 0.356 e. The van der Waals surface area contributed by atoms with Crippen molar-refractivity contribution in [2.24, 2.45) is 10.9 Å². The zero-order valence-electron chi connectivity index (χ0n) is 17.0. The molecule has 0 aliphatic carbocycles. The van der Waals surface area contributed by atoms with E-state index in [4.69, 9.17) is 0 Å². The van der Waals surface area contributed by atoms with E-state index < -0.39 is 0 Å². The molecule has 1 aromatic rings. The van der Waals surface area contributed by atoms with E-state index in [1.165, 1.54) is 24.1 Å². The third-order valence-electron chi connectivity index (χ3n) is 5.34. The standard InChI is InChI=1S/C21H36N4.HI/c1-5-18-8-10-19(11-9-18)12-14-23-21(22-4)25-15-13-20(17-25)16-24(6-2)7-3;/h8-11,20H,5-7,12-17H2,1-4H3,(H,22,23);1H. The Morgan fingerprint density at radius 2 is 1.81 bits per heavy atom. The first-order valence-corrected chi connectivity index (χ1v) is 9.95. The summed E-state index contributed by atoms with van der Waals surface area (Å²) in [6.07, 6.45) is 3.42. The Balaban J connectivity index is 0.00000338. The Morgan fingerprint density at radius 1 is 1.15 bits per heavy atom. The highest BCUT2D eigenvalue weighted by Gasteiger charge is 2.25. The molecule has 1 aromatic carbocycles. The molecule has 0 bridgehead atoms. The van der Waals surface area contributed by atoms with Gasteiger partial charge in [0.1, 0.15) is 0 Å². The highest BCUT2D eigenvalue weighted by atomic mass is 127. The molecule has 1 saturated heterocycles. The van der Waals surface area contributed by atoms with Crippen molar-refractivity contribution in [2.45, 2.75) is 40.0 Å². The predicted molar refractivity (Wildman–Crippen MR) is 124 cm³/mol. The summed E-state index contributed by atoms with van der Waals surface area (Å²) in [5.74, 6) is 1.83. The average Bonchev–Trinajstić information content (AvgIpc) is 3.12. The number of nitrogens with zero attached hydrogens (tertiary/aromatic N) is 3. The van der Waals surface area contributed by atoms with Crippen LogP contribution in [0.25, 0.3) is 0 Å². The molecule has 5 heteroatoms. The molecule has 1 aliphatic heterocycles. The van der Waals surface area contributed by atoms with Gasteiger partial charge in [-0.25, -0.2) is 0 Å². The van der Waals surface area contributed by atoms with Gasteiger partial charge < -0.3 is 15.1 Å². The van der Waals surface area contributed by atoms with Crippen LogP contribution in [0.4, 0.5) is 0 Å². The monoisotopic (exact) mass is 472 g/mol. The summed E-state index contributed by atoms with van der Waals surface area (Å²) < 4.78 is 0. The minimum atomic E-state index is 0. The zero-order chi connectivity index (χ0) is 18.1. The molecular formula is C21H37IN4. The predicted octanol–water partition coefficient (Wildman–Crippen LogP) is 3.65. The molecule has 1 fully saturated rings. The Morgan fingerprint density at radius 3 is 2.38 bits per heavy atom. The zero-order valence-corrected chi connectivity index (χ0v) is 19.3. The normalized spacial score (nSPS) is 17.5. The van der Waals surface area contributed by atoms with E-state index in [0.717, 1.165) is 57.4 Å². The fourth-order valence-corrected chi connectivity index (χ4v) is 3.61. The van der Waals surface area contributed by atoms with Gasteiger partial charge in [0.05, 0.1) is 0 Å². The van der Waals surface area contributed by atoms with Crippen LogP contribution in [0.5, 0.6) is 0 Å². The molecule has 0 saturated carbocycles. The SMILES string of the molecule is CCc1ccc(CCNC(=NC)N2CCC(CN(CC)CC)C2)cc1.I. The van der Waals surface area contributed by atoms with Crippen LogP contribution in [0.3, 0.4) is 0 Å². The molecule has 1 N–H and O–H groups in total. The van der Waals surface area contributed by atoms with Crippen LogP contribution in [0.15, 0.2) is 29.3 Å². The number of hydrogen-bond donors (Lipinski definition) is 1. The van der Waals surface area contributed by atoms with Gasteiger partial charge in [-0.2, -0.15) is 0 Å². The van der Waals surface area contributed by atoms with Gasteiger partial charge in [0.2, 0.25) is 0 Å². The maximum Gasteiger partial charge on any atom is 0.193 e. The van der Waals surface area contributed by atoms with E-state index in [9.17, 15) is 0 Å². The van der Waals surface area contributed by atoms with Crippen LogP contribution >= 0.6 is 24.0 Å². The quantitative estimate of drug-likeness (QED) is 0.356. The van der Waals surface area contributed by atoms with Gasteiger partial charge in [0, 0.05) is 33.2 Å². The van der Waals surface area contributed by atoms with Crippen molar-refractivity contribution >= 4 is 29.9 Å². The van der Waals surface area contributed by atoms with Gasteiger partial charge in [-0.1, -0.05) is 45.0 Å². The summed E-state index contributed by atoms with van der Waals surface area (Å²) in [5, 5.41) is 3.55. The number of rotatable bonds is 8. The summed E-state index contributed by atoms with van der Waals surface area (Å²) in [7, 11) is 1.90. The number of aryl methyl sites for hydroxylation is 1. The minimum Gasteiger partial charge on any atom is -0.356 e. The summed E-state index contributed by atoms with van der Waals surface area (Å²) in [6.45, 7) is 13.4. The molecule has 1 heterocycles. The van der Waals surface area contributed by atoms with Crippen molar-refractivity contribution in [3.8, 4) is 0 Å². The van der Waals surface area contributed by atoms with Crippen LogP contribution in [-0.2, 0) is 12.8 Å². The molecule has 0 aromatic heterocycles. The highest BCUT2D eigenvalue weighted by molar-refractivity contribution is 14.0. The van der Waals surface area contributed by atoms with Crippen molar-refractivity contribution in [3.05, 3.63) is 35.4 Å². The lowest BCUT2D eigenvalue weighted by Crippen LogP contribution is -2.41. The van der Waals surface area contributed by atoms with E-state index in [2.05, 4.69) is 65.1 Å². The van der Waals surface area contributed by atoms with Crippen molar-refractivity contribution < 1.29 is 0 Å². The van der Waals surface area contributed by atoms with Crippen LogP contribution in [0.2, 0.25) is 0 Å². The maximum absolute atomic E-state index is 4.50. The van der Waals surface area contributed by atoms with E-state index in [0.29, 0.717) is 0 Å². The molecule has 0 radical (unpaired) electrons. The van der Waals surface area contributed by atoms with Crippen LogP contribution in [-0.4, -0.2) is 62.1 Å². The third kappa shape index (κ3) is 7.06. The first-order valence-electron chi connectivity index (χ1n) is 9.95. The lowest BCUT2D eigenvalue weighted by molar-refractivity contribution is 0.255. The van der Waals surface area contributed by atoms with Gasteiger partial charge in [0.15, 0.2) is 5.96 Å². The number of nitrogens with one attached hydrogen (secondary N) is 1. The fraction of sp³-hybridized carbons (Fsp3) is 0.667. The van der Waals surface area contributed by atoms with Crippen LogP contribution in [0, 0.1) is 5.92 Å². The Hall–Kier alpha value is -0.820. The second kappa shape index (κ2) is 12.5. The number of benzene rings is 1. The number of halogens is 1. The summed E-state index contributed by atoms with van der Waals surface area (Å²) in [6, 6.07) is 8.98. The van der Waals surface area contributed by atoms with Crippen LogP contribution < -0.4 is 5.32 Å². The van der Waals surface area contributed by atoms with E-state index in [-0.39, 0.29) is 24.0 Å². The van der Waals surface area contributed by atoms with Crippen molar-refractivity contribution in [3.63, 3.8) is 0 Å². The number of likely N-dealkylation sites (tertiary alicyclic amines) is 1. The molecule has 2 rings (SSSR count). The van der Waals surface area contributed by atoms with Crippen molar-refractivity contribution in [1.82, 2.24) is 15.1 Å². The van der Waals surface area contributed by atoms with Gasteiger partial charge in [-0.15, -0.1) is 24.0 Å². The molecule has 0 amide bonds. The van der Waals surface area contributed by atoms with Crippen molar-refractivity contribution in [2.75, 3.05) is 46.3 Å². The summed E-state index contributed by atoms with van der Waals surface area (Å²) >= 11 is 0. The molecule has 1 aliphatic rings. The molecular weight excluding hydrogens is 435 g/mol. The first kappa shape index (κ1) is 23.2. The second-order valence-electron chi connectivity index (χ2n) is 6.98. The number of aliphatic imine (C=N–C) groups is 1. The lowest BCUT2D eigenvalue weighted by Gasteiger charge is -2.24. The highest BCUT2D eigenvalue weighted by Crippen LogP contribution is 2.17. The van der Waals surface area contributed by atoms with E-state index in [1.54, 1.807) is 0 Å². The number of guanidine groups is 1. The van der Waals surface area contributed by atoms with Crippen molar-refractivity contribution in [1.29, 1.82) is 0 Å². The second-order valence-corrected chi connectivity index (χ2v) is 6.98. The van der Waals surface area contributed by atoms with Gasteiger partial charge in [-0.3, -0.25) is 4.99 Å². The average molecular weight is 472 g/mol. The van der Waals surface area contributed by atoms with Crippen LogP contribution in [0.1, 0.15) is 38.3 Å². The Bertz CT molecular complexity index is 525. The summed E-state index contributed by atoms with van der Waals surface area (Å²) in [5.41, 5.74) is 2.80. The minimum absolute atomic E-state index is 0. The lowest BCUT2D eigenvalue weighted by atomic mass is 10.1. The Kier molecular flexibility index (Phi) is 11.2. The summed E-state index contributed by atoms with van der Waals surface area (Å²) in [4.78, 5) is 9.46. The van der Waals surface area contributed by atoms with Gasteiger partial charge in [-0.05, 0) is 49.4 Å². The molecule has 1 unspecified atom stereocenters. The third-order valence-corrected chi connectivity index (χ3v) is 5.34. The Labute approximate surface area is 177 Å².